The van der Waals surface area contributed by atoms with Crippen LogP contribution in [-0.4, -0.2) is 11.9 Å². The van der Waals surface area contributed by atoms with Crippen LogP contribution in [0.25, 0.3) is 0 Å². The van der Waals surface area contributed by atoms with Gasteiger partial charge in [-0.2, -0.15) is 0 Å². The van der Waals surface area contributed by atoms with E-state index in [9.17, 15) is 4.79 Å². The molecular weight excluding hydrogens is 320 g/mol. The maximum absolute atomic E-state index is 12.3. The molecule has 0 saturated heterocycles. The molecule has 1 atom stereocenters. The van der Waals surface area contributed by atoms with Crippen molar-refractivity contribution in [3.05, 3.63) is 70.8 Å². The first kappa shape index (κ1) is 20.2. The molecular formula is C20H27ClN2O. The smallest absolute Gasteiger partial charge is 0.220 e. The van der Waals surface area contributed by atoms with Gasteiger partial charge in [-0.25, -0.2) is 0 Å². The molecule has 2 rings (SSSR count). The van der Waals surface area contributed by atoms with E-state index in [2.05, 4.69) is 55.6 Å². The van der Waals surface area contributed by atoms with Crippen molar-refractivity contribution in [2.45, 2.75) is 45.7 Å². The summed E-state index contributed by atoms with van der Waals surface area (Å²) in [7, 11) is 0. The van der Waals surface area contributed by atoms with Gasteiger partial charge in [0, 0.05) is 12.5 Å². The monoisotopic (exact) mass is 346 g/mol. The molecule has 1 amide bonds. The Morgan fingerprint density at radius 3 is 1.96 bits per heavy atom. The van der Waals surface area contributed by atoms with Crippen molar-refractivity contribution in [1.82, 2.24) is 5.32 Å². The Labute approximate surface area is 151 Å². The summed E-state index contributed by atoms with van der Waals surface area (Å²) >= 11 is 0. The van der Waals surface area contributed by atoms with Crippen LogP contribution in [0.1, 0.15) is 48.1 Å². The van der Waals surface area contributed by atoms with Crippen molar-refractivity contribution in [3.8, 4) is 0 Å². The topological polar surface area (TPSA) is 55.1 Å². The average Bonchev–Trinajstić information content (AvgIpc) is 2.50. The third-order valence-electron chi connectivity index (χ3n) is 3.88. The minimum atomic E-state index is -0.129. The van der Waals surface area contributed by atoms with Crippen LogP contribution in [0.5, 0.6) is 0 Å². The highest BCUT2D eigenvalue weighted by atomic mass is 35.5. The largest absolute Gasteiger partial charge is 0.345 e. The van der Waals surface area contributed by atoms with Gasteiger partial charge in [-0.05, 0) is 38.3 Å². The fraction of sp³-hybridized carbons (Fsp3) is 0.350. The third-order valence-corrected chi connectivity index (χ3v) is 3.88. The molecule has 3 N–H and O–H groups in total. The first-order valence-electron chi connectivity index (χ1n) is 8.14. The Bertz CT molecular complexity index is 625. The third kappa shape index (κ3) is 5.99. The van der Waals surface area contributed by atoms with Crippen LogP contribution in [0.2, 0.25) is 0 Å². The highest BCUT2D eigenvalue weighted by molar-refractivity contribution is 5.85. The van der Waals surface area contributed by atoms with Crippen LogP contribution in [0.3, 0.4) is 0 Å². The zero-order chi connectivity index (χ0) is 16.8. The SMILES string of the molecule is Cc1cccc(C(NC(=O)CCC(C)N)c2cccc(C)c2)c1.Cl. The van der Waals surface area contributed by atoms with Gasteiger partial charge in [0.25, 0.3) is 0 Å². The van der Waals surface area contributed by atoms with Crippen molar-refractivity contribution in [2.24, 2.45) is 5.73 Å². The minimum Gasteiger partial charge on any atom is -0.345 e. The van der Waals surface area contributed by atoms with Gasteiger partial charge in [-0.15, -0.1) is 12.4 Å². The van der Waals surface area contributed by atoms with Gasteiger partial charge in [0.15, 0.2) is 0 Å². The molecule has 2 aromatic carbocycles. The zero-order valence-corrected chi connectivity index (χ0v) is 15.4. The van der Waals surface area contributed by atoms with E-state index < -0.39 is 0 Å². The molecule has 0 spiro atoms. The molecule has 0 aliphatic heterocycles. The predicted molar refractivity (Wildman–Crippen MR) is 102 cm³/mol. The fourth-order valence-corrected chi connectivity index (χ4v) is 2.65. The number of nitrogens with two attached hydrogens (primary N) is 1. The molecule has 2 aromatic rings. The molecule has 0 heterocycles. The van der Waals surface area contributed by atoms with Crippen LogP contribution in [0.4, 0.5) is 0 Å². The van der Waals surface area contributed by atoms with Crippen LogP contribution in [0.15, 0.2) is 48.5 Å². The number of rotatable bonds is 6. The highest BCUT2D eigenvalue weighted by Gasteiger charge is 2.17. The molecule has 1 unspecified atom stereocenters. The van der Waals surface area contributed by atoms with Crippen molar-refractivity contribution in [3.63, 3.8) is 0 Å². The first-order valence-corrected chi connectivity index (χ1v) is 8.14. The minimum absolute atomic E-state index is 0. The molecule has 0 fully saturated rings. The van der Waals surface area contributed by atoms with Gasteiger partial charge in [0.05, 0.1) is 6.04 Å². The summed E-state index contributed by atoms with van der Waals surface area (Å²) in [6.45, 7) is 6.05. The Morgan fingerprint density at radius 1 is 1.04 bits per heavy atom. The van der Waals surface area contributed by atoms with Crippen LogP contribution in [-0.2, 0) is 4.79 Å². The number of hydrogen-bond acceptors (Lipinski definition) is 2. The maximum atomic E-state index is 12.3. The number of carbonyl (C=O) groups is 1. The molecule has 0 aliphatic rings. The molecule has 130 valence electrons. The van der Waals surface area contributed by atoms with Gasteiger partial charge in [-0.3, -0.25) is 4.79 Å². The second-order valence-corrected chi connectivity index (χ2v) is 6.34. The predicted octanol–water partition coefficient (Wildman–Crippen LogP) is 4.06. The summed E-state index contributed by atoms with van der Waals surface area (Å²) in [4.78, 5) is 12.3. The second kappa shape index (κ2) is 9.45. The molecule has 24 heavy (non-hydrogen) atoms. The van der Waals surface area contributed by atoms with Gasteiger partial charge < -0.3 is 11.1 Å². The van der Waals surface area contributed by atoms with Crippen molar-refractivity contribution in [1.29, 1.82) is 0 Å². The number of benzene rings is 2. The summed E-state index contributed by atoms with van der Waals surface area (Å²) in [6, 6.07) is 16.5. The molecule has 3 nitrogen and oxygen atoms in total. The lowest BCUT2D eigenvalue weighted by Gasteiger charge is -2.21. The number of nitrogens with one attached hydrogen (secondary N) is 1. The molecule has 0 aromatic heterocycles. The average molecular weight is 347 g/mol. The van der Waals surface area contributed by atoms with Crippen LogP contribution < -0.4 is 11.1 Å². The van der Waals surface area contributed by atoms with Gasteiger partial charge >= 0.3 is 0 Å². The summed E-state index contributed by atoms with van der Waals surface area (Å²) in [6.07, 6.45) is 1.14. The summed E-state index contributed by atoms with van der Waals surface area (Å²) in [5.74, 6) is 0.0373. The lowest BCUT2D eigenvalue weighted by molar-refractivity contribution is -0.121. The van der Waals surface area contributed by atoms with E-state index in [1.807, 2.05) is 19.1 Å². The molecule has 0 radical (unpaired) electrons. The number of carbonyl (C=O) groups excluding carboxylic acids is 1. The highest BCUT2D eigenvalue weighted by Crippen LogP contribution is 2.24. The van der Waals surface area contributed by atoms with Crippen LogP contribution >= 0.6 is 12.4 Å². The summed E-state index contributed by atoms with van der Waals surface area (Å²) in [5, 5.41) is 3.16. The Hall–Kier alpha value is -1.84. The molecule has 0 saturated carbocycles. The molecule has 0 aliphatic carbocycles. The van der Waals surface area contributed by atoms with E-state index in [-0.39, 0.29) is 30.4 Å². The van der Waals surface area contributed by atoms with Crippen molar-refractivity contribution >= 4 is 18.3 Å². The van der Waals surface area contributed by atoms with Crippen LogP contribution in [0, 0.1) is 13.8 Å². The van der Waals surface area contributed by atoms with Crippen molar-refractivity contribution in [2.75, 3.05) is 0 Å². The zero-order valence-electron chi connectivity index (χ0n) is 14.6. The number of aryl methyl sites for hydroxylation is 2. The van der Waals surface area contributed by atoms with E-state index in [0.717, 1.165) is 11.1 Å². The van der Waals surface area contributed by atoms with Gasteiger partial charge in [0.2, 0.25) is 5.91 Å². The molecule has 4 heteroatoms. The number of hydrogen-bond donors (Lipinski definition) is 2. The first-order chi connectivity index (χ1) is 11.0. The van der Waals surface area contributed by atoms with E-state index >= 15 is 0 Å². The van der Waals surface area contributed by atoms with Gasteiger partial charge in [-0.1, -0.05) is 59.7 Å². The van der Waals surface area contributed by atoms with E-state index in [1.165, 1.54) is 11.1 Å². The lowest BCUT2D eigenvalue weighted by atomic mass is 9.96. The fourth-order valence-electron chi connectivity index (χ4n) is 2.65. The lowest BCUT2D eigenvalue weighted by Crippen LogP contribution is -2.30. The maximum Gasteiger partial charge on any atom is 0.220 e. The number of halogens is 1. The Balaban J connectivity index is 0.00000288. The second-order valence-electron chi connectivity index (χ2n) is 6.34. The summed E-state index contributed by atoms with van der Waals surface area (Å²) in [5.41, 5.74) is 10.3. The van der Waals surface area contributed by atoms with E-state index in [1.54, 1.807) is 0 Å². The normalized spacial score (nSPS) is 11.7. The Morgan fingerprint density at radius 2 is 1.54 bits per heavy atom. The van der Waals surface area contributed by atoms with E-state index in [0.29, 0.717) is 12.8 Å². The van der Waals surface area contributed by atoms with Gasteiger partial charge in [0.1, 0.15) is 0 Å². The van der Waals surface area contributed by atoms with Crippen molar-refractivity contribution < 1.29 is 4.79 Å². The Kier molecular flexibility index (Phi) is 7.96. The standard InChI is InChI=1S/C20H26N2O.ClH/c1-14-6-4-8-17(12-14)20(18-9-5-7-15(2)13-18)22-19(23)11-10-16(3)21;/h4-9,12-13,16,20H,10-11,21H2,1-3H3,(H,22,23);1H. The summed E-state index contributed by atoms with van der Waals surface area (Å²) < 4.78 is 0. The van der Waals surface area contributed by atoms with E-state index in [4.69, 9.17) is 5.73 Å². The quantitative estimate of drug-likeness (QED) is 0.828. The number of amides is 1. The molecule has 0 bridgehead atoms.